The minimum atomic E-state index is -0.493. The molecule has 0 fully saturated rings. The Kier molecular flexibility index (Phi) is 7.79. The van der Waals surface area contributed by atoms with Crippen LogP contribution in [0.4, 0.5) is 4.39 Å². The fraction of sp³-hybridized carbons (Fsp3) is 0.308. The molecule has 0 saturated heterocycles. The van der Waals surface area contributed by atoms with Crippen LogP contribution < -0.4 is 15.6 Å². The number of amides is 2. The van der Waals surface area contributed by atoms with Crippen LogP contribution in [0.5, 0.6) is 5.75 Å². The van der Waals surface area contributed by atoms with Gasteiger partial charge in [-0.05, 0) is 36.8 Å². The second kappa shape index (κ2) is 11.2. The zero-order chi connectivity index (χ0) is 27.4. The number of nitrogens with one attached hydrogen (secondary N) is 1. The maximum absolute atomic E-state index is 13.6. The maximum Gasteiger partial charge on any atom is 0.270 e. The molecular weight excluding hydrogens is 495 g/mol. The van der Waals surface area contributed by atoms with Crippen molar-refractivity contribution in [2.75, 3.05) is 21.2 Å². The number of nitrogens with zero attached hydrogens (tertiary/aromatic N) is 5. The van der Waals surface area contributed by atoms with Crippen LogP contribution in [0.25, 0.3) is 0 Å². The Morgan fingerprint density at radius 2 is 2.00 bits per heavy atom. The van der Waals surface area contributed by atoms with E-state index >= 15 is 0 Å². The summed E-state index contributed by atoms with van der Waals surface area (Å²) in [5.74, 6) is -0.677. The summed E-state index contributed by atoms with van der Waals surface area (Å²) in [7, 11) is 4.61. The Balaban J connectivity index is 1.46. The van der Waals surface area contributed by atoms with E-state index in [-0.39, 0.29) is 36.0 Å². The van der Waals surface area contributed by atoms with Crippen LogP contribution in [0.2, 0.25) is 0 Å². The highest BCUT2D eigenvalue weighted by molar-refractivity contribution is 6.02. The monoisotopic (exact) mass is 522 g/mol. The van der Waals surface area contributed by atoms with E-state index in [0.29, 0.717) is 34.8 Å². The minimum absolute atomic E-state index is 0.0884. The van der Waals surface area contributed by atoms with E-state index in [2.05, 4.69) is 20.4 Å². The van der Waals surface area contributed by atoms with Gasteiger partial charge in [-0.1, -0.05) is 11.2 Å². The summed E-state index contributed by atoms with van der Waals surface area (Å²) in [6, 6.07) is 8.88. The lowest BCUT2D eigenvalue weighted by molar-refractivity contribution is -0.129. The van der Waals surface area contributed by atoms with Crippen molar-refractivity contribution >= 4 is 17.5 Å². The second-order valence-corrected chi connectivity index (χ2v) is 8.89. The highest BCUT2D eigenvalue weighted by atomic mass is 19.1. The van der Waals surface area contributed by atoms with Gasteiger partial charge in [0.05, 0.1) is 12.8 Å². The van der Waals surface area contributed by atoms with Gasteiger partial charge in [-0.15, -0.1) is 0 Å². The van der Waals surface area contributed by atoms with Gasteiger partial charge in [-0.3, -0.25) is 14.4 Å². The number of carbonyl (C=O) groups is 2. The highest BCUT2D eigenvalue weighted by Gasteiger charge is 2.27. The lowest BCUT2D eigenvalue weighted by Crippen LogP contribution is -2.31. The van der Waals surface area contributed by atoms with Crippen LogP contribution in [-0.4, -0.2) is 58.2 Å². The van der Waals surface area contributed by atoms with E-state index in [1.807, 2.05) is 0 Å². The van der Waals surface area contributed by atoms with Crippen LogP contribution >= 0.6 is 0 Å². The Morgan fingerprint density at radius 1 is 1.21 bits per heavy atom. The molecule has 0 bridgehead atoms. The number of aryl methyl sites for hydroxylation is 1. The average molecular weight is 523 g/mol. The molecule has 4 rings (SSSR count). The van der Waals surface area contributed by atoms with Gasteiger partial charge in [0.15, 0.2) is 17.7 Å². The van der Waals surface area contributed by atoms with Gasteiger partial charge in [-0.2, -0.15) is 0 Å². The van der Waals surface area contributed by atoms with E-state index in [4.69, 9.17) is 9.57 Å². The Bertz CT molecular complexity index is 1470. The molecule has 2 aromatic heterocycles. The number of carbonyl (C=O) groups excluding carboxylic acids is 2. The fourth-order valence-corrected chi connectivity index (χ4v) is 3.78. The topological polar surface area (TPSA) is 128 Å². The first-order valence-electron chi connectivity index (χ1n) is 11.7. The third-order valence-electron chi connectivity index (χ3n) is 5.89. The lowest BCUT2D eigenvalue weighted by Gasteiger charge is -2.14. The molecule has 3 aromatic rings. The Labute approximate surface area is 217 Å². The van der Waals surface area contributed by atoms with Crippen molar-refractivity contribution in [2.24, 2.45) is 5.16 Å². The van der Waals surface area contributed by atoms with Gasteiger partial charge in [0.25, 0.3) is 11.5 Å². The number of rotatable bonds is 8. The van der Waals surface area contributed by atoms with Crippen LogP contribution in [0, 0.1) is 12.7 Å². The number of ether oxygens (including phenoxy) is 1. The quantitative estimate of drug-likeness (QED) is 0.479. The number of hydrogen-bond donors (Lipinski definition) is 1. The van der Waals surface area contributed by atoms with Crippen molar-refractivity contribution in [1.29, 1.82) is 0 Å². The summed E-state index contributed by atoms with van der Waals surface area (Å²) in [4.78, 5) is 52.7. The largest absolute Gasteiger partial charge is 0.494 e. The number of methoxy groups -OCH3 is 1. The van der Waals surface area contributed by atoms with E-state index in [1.54, 1.807) is 39.3 Å². The van der Waals surface area contributed by atoms with Gasteiger partial charge >= 0.3 is 0 Å². The minimum Gasteiger partial charge on any atom is -0.494 e. The number of aromatic nitrogens is 3. The van der Waals surface area contributed by atoms with E-state index in [0.717, 1.165) is 0 Å². The van der Waals surface area contributed by atoms with Crippen molar-refractivity contribution in [3.8, 4) is 5.75 Å². The van der Waals surface area contributed by atoms with Crippen LogP contribution in [0.15, 0.2) is 52.5 Å². The first-order valence-corrected chi connectivity index (χ1v) is 11.7. The van der Waals surface area contributed by atoms with Gasteiger partial charge in [0.1, 0.15) is 23.8 Å². The summed E-state index contributed by atoms with van der Waals surface area (Å²) in [6.07, 6.45) is 1.43. The molecule has 1 N–H and O–H groups in total. The number of oxime groups is 1. The fourth-order valence-electron chi connectivity index (χ4n) is 3.78. The Hall–Kier alpha value is -4.61. The molecule has 1 unspecified atom stereocenters. The summed E-state index contributed by atoms with van der Waals surface area (Å²) < 4.78 is 19.9. The molecule has 2 amide bonds. The lowest BCUT2D eigenvalue weighted by atomic mass is 10.0. The van der Waals surface area contributed by atoms with Crippen LogP contribution in [-0.2, 0) is 22.7 Å². The summed E-state index contributed by atoms with van der Waals surface area (Å²) in [6.45, 7) is 1.72. The second-order valence-electron chi connectivity index (χ2n) is 8.89. The molecule has 0 aliphatic carbocycles. The molecule has 198 valence electrons. The van der Waals surface area contributed by atoms with Gasteiger partial charge in [0.2, 0.25) is 5.91 Å². The van der Waals surface area contributed by atoms with Crippen molar-refractivity contribution < 1.29 is 23.6 Å². The molecule has 38 heavy (non-hydrogen) atoms. The third-order valence-corrected chi connectivity index (χ3v) is 5.89. The van der Waals surface area contributed by atoms with Gasteiger partial charge < -0.3 is 24.4 Å². The average Bonchev–Trinajstić information content (AvgIpc) is 3.39. The Morgan fingerprint density at radius 3 is 2.74 bits per heavy atom. The van der Waals surface area contributed by atoms with Gasteiger partial charge in [-0.25, -0.2) is 14.4 Å². The zero-order valence-electron chi connectivity index (χ0n) is 21.4. The van der Waals surface area contributed by atoms with Crippen molar-refractivity contribution in [3.05, 3.63) is 87.1 Å². The SMILES string of the molecule is COc1cc(CNC(=O)c2cc(C3=NOC(c4ccc(=O)n(CC(=O)N(C)C)c4)C3)nc(C)n2)ccc1F. The molecule has 0 radical (unpaired) electrons. The third kappa shape index (κ3) is 6.02. The molecule has 1 aliphatic rings. The molecule has 1 atom stereocenters. The van der Waals surface area contributed by atoms with Crippen molar-refractivity contribution in [1.82, 2.24) is 24.8 Å². The predicted octanol–water partition coefficient (Wildman–Crippen LogP) is 1.98. The van der Waals surface area contributed by atoms with E-state index in [1.165, 1.54) is 40.8 Å². The molecule has 3 heterocycles. The first-order chi connectivity index (χ1) is 18.1. The number of hydrogen-bond acceptors (Lipinski definition) is 8. The van der Waals surface area contributed by atoms with Crippen LogP contribution in [0.3, 0.4) is 0 Å². The van der Waals surface area contributed by atoms with E-state index in [9.17, 15) is 18.8 Å². The maximum atomic E-state index is 13.6. The number of benzene rings is 1. The zero-order valence-corrected chi connectivity index (χ0v) is 21.4. The van der Waals surface area contributed by atoms with Gasteiger partial charge in [0, 0.05) is 44.9 Å². The molecule has 0 spiro atoms. The molecule has 1 aliphatic heterocycles. The molecule has 12 heteroatoms. The summed E-state index contributed by atoms with van der Waals surface area (Å²) >= 11 is 0. The highest BCUT2D eigenvalue weighted by Crippen LogP contribution is 2.28. The van der Waals surface area contributed by atoms with Crippen LogP contribution in [0.1, 0.15) is 45.7 Å². The normalized spacial score (nSPS) is 14.4. The molecule has 0 saturated carbocycles. The smallest absolute Gasteiger partial charge is 0.270 e. The van der Waals surface area contributed by atoms with Crippen molar-refractivity contribution in [2.45, 2.75) is 32.5 Å². The molecule has 1 aromatic carbocycles. The summed E-state index contributed by atoms with van der Waals surface area (Å²) in [5, 5.41) is 6.91. The van der Waals surface area contributed by atoms with E-state index < -0.39 is 17.8 Å². The molecule has 11 nitrogen and oxygen atoms in total. The number of pyridine rings is 1. The summed E-state index contributed by atoms with van der Waals surface area (Å²) in [5.41, 5.74) is 2.12. The number of likely N-dealkylation sites (N-methyl/N-ethyl adjacent to an activating group) is 1. The first kappa shape index (κ1) is 26.5. The standard InChI is InChI=1S/C26H27FN6O5/c1-15-29-19(10-21(30-15)26(36)28-12-16-5-7-18(27)23(9-16)37-4)20-11-22(38-31-20)17-6-8-24(34)33(13-17)14-25(35)32(2)3/h5-10,13,22H,11-12,14H2,1-4H3,(H,28,36). The van der Waals surface area contributed by atoms with Crippen molar-refractivity contribution in [3.63, 3.8) is 0 Å². The number of halogens is 1. The predicted molar refractivity (Wildman–Crippen MR) is 135 cm³/mol. The molecular formula is C26H27FN6O5.